The minimum atomic E-state index is -2.36. The Morgan fingerprint density at radius 2 is 2.00 bits per heavy atom. The van der Waals surface area contributed by atoms with Crippen LogP contribution >= 0.6 is 0 Å². The largest absolute Gasteiger partial charge is 0.378 e. The van der Waals surface area contributed by atoms with Crippen LogP contribution in [-0.2, 0) is 4.74 Å². The van der Waals surface area contributed by atoms with Crippen molar-refractivity contribution in [2.75, 3.05) is 6.61 Å². The first-order chi connectivity index (χ1) is 6.88. The molecule has 76 valence electrons. The third kappa shape index (κ3) is 2.22. The molecule has 0 radical (unpaired) electrons. The van der Waals surface area contributed by atoms with Gasteiger partial charge in [-0.3, -0.25) is 0 Å². The first-order valence-corrected chi connectivity index (χ1v) is 6.86. The maximum absolute atomic E-state index is 14.0. The van der Waals surface area contributed by atoms with Gasteiger partial charge in [-0.05, 0) is 24.4 Å². The highest BCUT2D eigenvalue weighted by Crippen LogP contribution is 2.15. The molecule has 1 aromatic carbocycles. The first-order valence-electron chi connectivity index (χ1n) is 5.18. The van der Waals surface area contributed by atoms with Crippen LogP contribution < -0.4 is 5.19 Å². The van der Waals surface area contributed by atoms with Crippen LogP contribution in [0, 0.1) is 0 Å². The van der Waals surface area contributed by atoms with Crippen molar-refractivity contribution in [1.29, 1.82) is 0 Å². The van der Waals surface area contributed by atoms with Crippen molar-refractivity contribution in [3.8, 4) is 0 Å². The lowest BCUT2D eigenvalue weighted by Gasteiger charge is -2.24. The van der Waals surface area contributed by atoms with Crippen LogP contribution in [-0.4, -0.2) is 21.5 Å². The monoisotopic (exact) mass is 210 g/mol. The first kappa shape index (κ1) is 9.87. The van der Waals surface area contributed by atoms with E-state index in [1.807, 2.05) is 30.3 Å². The van der Waals surface area contributed by atoms with Crippen molar-refractivity contribution >= 4 is 14.3 Å². The highest BCUT2D eigenvalue weighted by molar-refractivity contribution is 6.68. The molecule has 2 rings (SSSR count). The number of hydrogen-bond donors (Lipinski definition) is 0. The molecule has 1 aromatic rings. The zero-order valence-corrected chi connectivity index (χ0v) is 9.31. The highest BCUT2D eigenvalue weighted by Gasteiger charge is 2.27. The second kappa shape index (κ2) is 4.71. The topological polar surface area (TPSA) is 9.23 Å². The van der Waals surface area contributed by atoms with Gasteiger partial charge >= 0.3 is 0 Å². The Kier molecular flexibility index (Phi) is 3.32. The normalized spacial score (nSPS) is 24.5. The lowest BCUT2D eigenvalue weighted by molar-refractivity contribution is 0.0596. The third-order valence-corrected chi connectivity index (χ3v) is 4.86. The highest BCUT2D eigenvalue weighted by atomic mass is 28.3. The summed E-state index contributed by atoms with van der Waals surface area (Å²) in [6, 6.07) is 9.49. The molecule has 0 saturated carbocycles. The quantitative estimate of drug-likeness (QED) is 0.533. The van der Waals surface area contributed by atoms with Crippen LogP contribution in [0.25, 0.3) is 0 Å². The fraction of sp³-hybridized carbons (Fsp3) is 0.455. The van der Waals surface area contributed by atoms with Gasteiger partial charge in [-0.1, -0.05) is 30.3 Å². The van der Waals surface area contributed by atoms with Crippen molar-refractivity contribution in [1.82, 2.24) is 0 Å². The zero-order valence-electron chi connectivity index (χ0n) is 8.16. The molecule has 0 amide bonds. The van der Waals surface area contributed by atoms with E-state index in [2.05, 4.69) is 0 Å². The smallest absolute Gasteiger partial charge is 0.290 e. The fourth-order valence-electron chi connectivity index (χ4n) is 1.85. The van der Waals surface area contributed by atoms with Crippen molar-refractivity contribution < 1.29 is 8.84 Å². The number of hydrogen-bond acceptors (Lipinski definition) is 1. The summed E-state index contributed by atoms with van der Waals surface area (Å²) in [5.74, 6) is 0. The van der Waals surface area contributed by atoms with Crippen molar-refractivity contribution in [3.05, 3.63) is 30.3 Å². The van der Waals surface area contributed by atoms with E-state index in [1.54, 1.807) is 0 Å². The SMILES string of the molecule is F[SiH](c1ccccc1)C1CCCCO1. The van der Waals surface area contributed by atoms with Crippen LogP contribution in [0.3, 0.4) is 0 Å². The van der Waals surface area contributed by atoms with Crippen molar-refractivity contribution in [2.24, 2.45) is 0 Å². The fourth-order valence-corrected chi connectivity index (χ4v) is 3.70. The zero-order chi connectivity index (χ0) is 9.80. The maximum atomic E-state index is 14.0. The molecule has 1 saturated heterocycles. The van der Waals surface area contributed by atoms with Gasteiger partial charge in [0.25, 0.3) is 9.13 Å². The molecule has 1 heterocycles. The summed E-state index contributed by atoms with van der Waals surface area (Å²) in [5.41, 5.74) is -0.0915. The molecule has 2 atom stereocenters. The summed E-state index contributed by atoms with van der Waals surface area (Å²) < 4.78 is 19.5. The van der Waals surface area contributed by atoms with Gasteiger partial charge in [0, 0.05) is 6.61 Å². The van der Waals surface area contributed by atoms with E-state index in [0.717, 1.165) is 31.1 Å². The Labute approximate surface area is 85.7 Å². The number of ether oxygens (including phenoxy) is 1. The van der Waals surface area contributed by atoms with Crippen LogP contribution in [0.15, 0.2) is 30.3 Å². The molecule has 0 aromatic heterocycles. The van der Waals surface area contributed by atoms with Crippen molar-refractivity contribution in [3.63, 3.8) is 0 Å². The third-order valence-electron chi connectivity index (χ3n) is 2.66. The van der Waals surface area contributed by atoms with Gasteiger partial charge in [-0.15, -0.1) is 0 Å². The second-order valence-corrected chi connectivity index (χ2v) is 5.93. The minimum Gasteiger partial charge on any atom is -0.378 e. The molecule has 0 aliphatic carbocycles. The number of benzene rings is 1. The van der Waals surface area contributed by atoms with Gasteiger partial charge in [0.2, 0.25) is 0 Å². The van der Waals surface area contributed by atoms with Crippen LogP contribution in [0.4, 0.5) is 4.11 Å². The standard InChI is InChI=1S/C11H15FOSi/c12-14(10-6-2-1-3-7-10)11-8-4-5-9-13-11/h1-3,6-7,11,14H,4-5,8-9H2. The average molecular weight is 210 g/mol. The molecule has 14 heavy (non-hydrogen) atoms. The predicted molar refractivity (Wildman–Crippen MR) is 57.9 cm³/mol. The molecule has 0 bridgehead atoms. The van der Waals surface area contributed by atoms with Gasteiger partial charge in [-0.25, -0.2) is 0 Å². The summed E-state index contributed by atoms with van der Waals surface area (Å²) in [6.45, 7) is 0.741. The van der Waals surface area contributed by atoms with Gasteiger partial charge in [0.05, 0.1) is 5.73 Å². The Balaban J connectivity index is 2.03. The van der Waals surface area contributed by atoms with E-state index in [4.69, 9.17) is 4.74 Å². The van der Waals surface area contributed by atoms with E-state index in [9.17, 15) is 4.11 Å². The van der Waals surface area contributed by atoms with E-state index >= 15 is 0 Å². The van der Waals surface area contributed by atoms with E-state index in [-0.39, 0.29) is 5.73 Å². The molecule has 0 spiro atoms. The lowest BCUT2D eigenvalue weighted by Crippen LogP contribution is -2.42. The molecule has 2 unspecified atom stereocenters. The van der Waals surface area contributed by atoms with Crippen molar-refractivity contribution in [2.45, 2.75) is 25.0 Å². The average Bonchev–Trinajstić information content (AvgIpc) is 2.30. The summed E-state index contributed by atoms with van der Waals surface area (Å²) in [5, 5.41) is 0.874. The Bertz CT molecular complexity index is 272. The molecule has 1 aliphatic rings. The van der Waals surface area contributed by atoms with E-state index < -0.39 is 9.13 Å². The number of rotatable bonds is 2. The predicted octanol–water partition coefficient (Wildman–Crippen LogP) is 1.70. The van der Waals surface area contributed by atoms with Gasteiger partial charge in [0.1, 0.15) is 0 Å². The van der Waals surface area contributed by atoms with E-state index in [1.165, 1.54) is 0 Å². The summed E-state index contributed by atoms with van der Waals surface area (Å²) in [4.78, 5) is 0. The molecule has 3 heteroatoms. The van der Waals surface area contributed by atoms with Crippen LogP contribution in [0.1, 0.15) is 19.3 Å². The Hall–Kier alpha value is -0.673. The lowest BCUT2D eigenvalue weighted by atomic mass is 10.2. The van der Waals surface area contributed by atoms with Crippen LogP contribution in [0.5, 0.6) is 0 Å². The Morgan fingerprint density at radius 3 is 2.64 bits per heavy atom. The summed E-state index contributed by atoms with van der Waals surface area (Å²) in [6.07, 6.45) is 3.11. The maximum Gasteiger partial charge on any atom is 0.290 e. The molecule has 1 nitrogen and oxygen atoms in total. The number of halogens is 1. The Morgan fingerprint density at radius 1 is 1.21 bits per heavy atom. The second-order valence-electron chi connectivity index (χ2n) is 3.72. The van der Waals surface area contributed by atoms with Gasteiger partial charge in [0.15, 0.2) is 0 Å². The molecule has 0 N–H and O–H groups in total. The minimum absolute atomic E-state index is 0.0915. The van der Waals surface area contributed by atoms with Gasteiger partial charge < -0.3 is 8.84 Å². The molecular weight excluding hydrogens is 195 g/mol. The van der Waals surface area contributed by atoms with E-state index in [0.29, 0.717) is 0 Å². The molecular formula is C11H15FOSi. The summed E-state index contributed by atoms with van der Waals surface area (Å²) >= 11 is 0. The van der Waals surface area contributed by atoms with Crippen LogP contribution in [0.2, 0.25) is 0 Å². The molecule has 1 aliphatic heterocycles. The van der Waals surface area contributed by atoms with Gasteiger partial charge in [-0.2, -0.15) is 0 Å². The summed E-state index contributed by atoms with van der Waals surface area (Å²) in [7, 11) is -2.36. The molecule has 1 fully saturated rings.